The first-order valence-electron chi connectivity index (χ1n) is 10.2. The van der Waals surface area contributed by atoms with Crippen LogP contribution in [0.1, 0.15) is 17.8 Å². The lowest BCUT2D eigenvalue weighted by Crippen LogP contribution is -2.44. The summed E-state index contributed by atoms with van der Waals surface area (Å²) in [4.78, 5) is 11.4. The molecule has 3 aromatic rings. The smallest absolute Gasteiger partial charge is 0.217 e. The van der Waals surface area contributed by atoms with Gasteiger partial charge in [0, 0.05) is 37.0 Å². The number of imidazole rings is 1. The Balaban J connectivity index is 1.35. The molecule has 7 heteroatoms. The van der Waals surface area contributed by atoms with Gasteiger partial charge in [0.2, 0.25) is 5.88 Å². The SMILES string of the molecule is COc1ccc(-c2cnc3n2CC2(CCN(Cc4cccnc4OC)C2)OC3)cc1. The number of hydrogen-bond donors (Lipinski definition) is 0. The molecule has 1 atom stereocenters. The van der Waals surface area contributed by atoms with E-state index in [0.29, 0.717) is 12.5 Å². The molecular weight excluding hydrogens is 380 g/mol. The fraction of sp³-hybridized carbons (Fsp3) is 0.391. The van der Waals surface area contributed by atoms with E-state index in [2.05, 4.69) is 37.6 Å². The molecule has 1 unspecified atom stereocenters. The molecule has 1 fully saturated rings. The van der Waals surface area contributed by atoms with Crippen molar-refractivity contribution in [1.29, 1.82) is 0 Å². The normalized spacial score (nSPS) is 21.0. The van der Waals surface area contributed by atoms with Crippen molar-refractivity contribution in [1.82, 2.24) is 19.4 Å². The van der Waals surface area contributed by atoms with Crippen molar-refractivity contribution in [2.24, 2.45) is 0 Å². The summed E-state index contributed by atoms with van der Waals surface area (Å²) < 4.78 is 19.4. The fourth-order valence-corrected chi connectivity index (χ4v) is 4.53. The first-order chi connectivity index (χ1) is 14.7. The van der Waals surface area contributed by atoms with Crippen molar-refractivity contribution in [3.63, 3.8) is 0 Å². The van der Waals surface area contributed by atoms with Gasteiger partial charge in [-0.15, -0.1) is 0 Å². The molecule has 7 nitrogen and oxygen atoms in total. The monoisotopic (exact) mass is 406 g/mol. The van der Waals surface area contributed by atoms with E-state index in [1.807, 2.05) is 24.4 Å². The summed E-state index contributed by atoms with van der Waals surface area (Å²) in [5.41, 5.74) is 3.18. The topological polar surface area (TPSA) is 61.6 Å². The van der Waals surface area contributed by atoms with E-state index in [-0.39, 0.29) is 5.60 Å². The van der Waals surface area contributed by atoms with Crippen LogP contribution in [-0.4, -0.2) is 52.3 Å². The Kier molecular flexibility index (Phi) is 4.92. The van der Waals surface area contributed by atoms with E-state index in [9.17, 15) is 0 Å². The van der Waals surface area contributed by atoms with Crippen molar-refractivity contribution < 1.29 is 14.2 Å². The van der Waals surface area contributed by atoms with Crippen LogP contribution in [0.3, 0.4) is 0 Å². The largest absolute Gasteiger partial charge is 0.497 e. The van der Waals surface area contributed by atoms with Gasteiger partial charge in [0.25, 0.3) is 0 Å². The third-order valence-corrected chi connectivity index (χ3v) is 6.11. The number of likely N-dealkylation sites (tertiary alicyclic amines) is 1. The Morgan fingerprint density at radius 1 is 1.07 bits per heavy atom. The number of benzene rings is 1. The Morgan fingerprint density at radius 2 is 1.93 bits per heavy atom. The molecule has 0 bridgehead atoms. The Hall–Kier alpha value is -2.90. The molecule has 0 saturated carbocycles. The molecular formula is C23H26N4O3. The van der Waals surface area contributed by atoms with Crippen LogP contribution in [0.15, 0.2) is 48.8 Å². The van der Waals surface area contributed by atoms with Crippen LogP contribution in [-0.2, 0) is 24.4 Å². The first-order valence-corrected chi connectivity index (χ1v) is 10.2. The van der Waals surface area contributed by atoms with E-state index in [4.69, 9.17) is 14.2 Å². The lowest BCUT2D eigenvalue weighted by Gasteiger charge is -2.35. The molecule has 1 aromatic carbocycles. The fourth-order valence-electron chi connectivity index (χ4n) is 4.53. The molecule has 1 saturated heterocycles. The summed E-state index contributed by atoms with van der Waals surface area (Å²) in [6.45, 7) is 4.03. The number of nitrogens with zero attached hydrogens (tertiary/aromatic N) is 4. The lowest BCUT2D eigenvalue weighted by molar-refractivity contribution is -0.0821. The van der Waals surface area contributed by atoms with Crippen molar-refractivity contribution in [3.8, 4) is 22.9 Å². The second kappa shape index (κ2) is 7.74. The lowest BCUT2D eigenvalue weighted by atomic mass is 10.0. The molecule has 4 heterocycles. The minimum atomic E-state index is -0.190. The molecule has 2 aliphatic heterocycles. The van der Waals surface area contributed by atoms with E-state index in [1.54, 1.807) is 20.4 Å². The van der Waals surface area contributed by atoms with Gasteiger partial charge in [-0.05, 0) is 36.8 Å². The van der Waals surface area contributed by atoms with Gasteiger partial charge in [0.05, 0.1) is 32.7 Å². The maximum absolute atomic E-state index is 6.37. The van der Waals surface area contributed by atoms with Gasteiger partial charge in [-0.25, -0.2) is 9.97 Å². The van der Waals surface area contributed by atoms with E-state index in [0.717, 1.165) is 61.0 Å². The maximum atomic E-state index is 6.37. The minimum absolute atomic E-state index is 0.190. The highest BCUT2D eigenvalue weighted by Gasteiger charge is 2.43. The highest BCUT2D eigenvalue weighted by atomic mass is 16.5. The zero-order chi connectivity index (χ0) is 20.6. The highest BCUT2D eigenvalue weighted by molar-refractivity contribution is 5.60. The Morgan fingerprint density at radius 3 is 2.73 bits per heavy atom. The van der Waals surface area contributed by atoms with Crippen LogP contribution in [0.2, 0.25) is 0 Å². The van der Waals surface area contributed by atoms with Gasteiger partial charge >= 0.3 is 0 Å². The zero-order valence-corrected chi connectivity index (χ0v) is 17.4. The van der Waals surface area contributed by atoms with Gasteiger partial charge in [-0.2, -0.15) is 0 Å². The minimum Gasteiger partial charge on any atom is -0.497 e. The van der Waals surface area contributed by atoms with Crippen molar-refractivity contribution in [2.75, 3.05) is 27.3 Å². The summed E-state index contributed by atoms with van der Waals surface area (Å²) in [5.74, 6) is 2.54. The standard InChI is InChI=1S/C23H26N4O3/c1-28-19-7-5-17(6-8-19)20-12-25-21-14-30-23(16-27(20)21)9-11-26(15-23)13-18-4-3-10-24-22(18)29-2/h3-8,10,12H,9,11,13-16H2,1-2H3. The van der Waals surface area contributed by atoms with Crippen LogP contribution in [0.5, 0.6) is 11.6 Å². The van der Waals surface area contributed by atoms with Crippen LogP contribution in [0, 0.1) is 0 Å². The summed E-state index contributed by atoms with van der Waals surface area (Å²) >= 11 is 0. The molecule has 30 heavy (non-hydrogen) atoms. The van der Waals surface area contributed by atoms with E-state index < -0.39 is 0 Å². The van der Waals surface area contributed by atoms with Gasteiger partial charge in [0.15, 0.2) is 0 Å². The molecule has 2 aromatic heterocycles. The van der Waals surface area contributed by atoms with Crippen LogP contribution in [0.25, 0.3) is 11.3 Å². The number of rotatable bonds is 5. The molecule has 156 valence electrons. The second-order valence-electron chi connectivity index (χ2n) is 7.98. The highest BCUT2D eigenvalue weighted by Crippen LogP contribution is 2.36. The summed E-state index contributed by atoms with van der Waals surface area (Å²) in [5, 5.41) is 0. The van der Waals surface area contributed by atoms with Crippen molar-refractivity contribution in [2.45, 2.75) is 31.7 Å². The maximum Gasteiger partial charge on any atom is 0.217 e. The molecule has 5 rings (SSSR count). The summed E-state index contributed by atoms with van der Waals surface area (Å²) in [7, 11) is 3.35. The van der Waals surface area contributed by atoms with Crippen molar-refractivity contribution >= 4 is 0 Å². The predicted octanol–water partition coefficient (Wildman–Crippen LogP) is 3.14. The molecule has 2 aliphatic rings. The van der Waals surface area contributed by atoms with Gasteiger partial charge in [-0.3, -0.25) is 4.90 Å². The summed E-state index contributed by atoms with van der Waals surface area (Å²) in [6, 6.07) is 12.2. The molecule has 0 N–H and O–H groups in total. The second-order valence-corrected chi connectivity index (χ2v) is 7.98. The average Bonchev–Trinajstić information content (AvgIpc) is 3.38. The van der Waals surface area contributed by atoms with Crippen LogP contribution >= 0.6 is 0 Å². The number of methoxy groups -OCH3 is 2. The number of aromatic nitrogens is 3. The number of fused-ring (bicyclic) bond motifs is 1. The van der Waals surface area contributed by atoms with Gasteiger partial charge in [-0.1, -0.05) is 6.07 Å². The van der Waals surface area contributed by atoms with E-state index >= 15 is 0 Å². The zero-order valence-electron chi connectivity index (χ0n) is 17.4. The Labute approximate surface area is 176 Å². The number of ether oxygens (including phenoxy) is 3. The average molecular weight is 406 g/mol. The van der Waals surface area contributed by atoms with E-state index in [1.165, 1.54) is 0 Å². The quantitative estimate of drug-likeness (QED) is 0.649. The first kappa shape index (κ1) is 19.1. The predicted molar refractivity (Wildman–Crippen MR) is 112 cm³/mol. The van der Waals surface area contributed by atoms with Gasteiger partial charge in [0.1, 0.15) is 23.8 Å². The molecule has 0 radical (unpaired) electrons. The Bertz CT molecular complexity index is 1030. The summed E-state index contributed by atoms with van der Waals surface area (Å²) in [6.07, 6.45) is 4.71. The number of pyridine rings is 1. The molecule has 0 amide bonds. The van der Waals surface area contributed by atoms with Crippen LogP contribution in [0.4, 0.5) is 0 Å². The van der Waals surface area contributed by atoms with Crippen LogP contribution < -0.4 is 9.47 Å². The third kappa shape index (κ3) is 3.44. The van der Waals surface area contributed by atoms with Crippen molar-refractivity contribution in [3.05, 3.63) is 60.2 Å². The van der Waals surface area contributed by atoms with Gasteiger partial charge < -0.3 is 18.8 Å². The molecule has 1 spiro atoms. The molecule has 0 aliphatic carbocycles. The number of hydrogen-bond acceptors (Lipinski definition) is 6. The third-order valence-electron chi connectivity index (χ3n) is 6.11.